The first-order chi connectivity index (χ1) is 4.73. The maximum Gasteiger partial charge on any atom is 1.00 e. The zero-order valence-electron chi connectivity index (χ0n) is 6.14. The van der Waals surface area contributed by atoms with Crippen molar-refractivity contribution < 1.29 is 38.3 Å². The van der Waals surface area contributed by atoms with Crippen molar-refractivity contribution in [1.29, 1.82) is 0 Å². The van der Waals surface area contributed by atoms with Crippen LogP contribution in [0.4, 0.5) is 0 Å². The van der Waals surface area contributed by atoms with E-state index < -0.39 is 9.64 Å². The fraction of sp³-hybridized carbons (Fsp3) is 0. The molecule has 0 fully saturated rings. The standard InChI is InChI=1S/C6H6.Na.H2O2S2/c1-2-4-6-5-3-1;;1-4(2)3/h1-6H;;4H,(H,1,2,3)/q;+1;/p-1. The minimum Gasteiger partial charge on any atom is -0.772 e. The van der Waals surface area contributed by atoms with Crippen LogP contribution in [-0.2, 0) is 20.8 Å². The fourth-order valence-electron chi connectivity index (χ4n) is 0.385. The van der Waals surface area contributed by atoms with Gasteiger partial charge in [0.2, 0.25) is 0 Å². The predicted molar refractivity (Wildman–Crippen MR) is 44.1 cm³/mol. The molecule has 2 nitrogen and oxygen atoms in total. The normalized spacial score (nSPS) is 9.91. The van der Waals surface area contributed by atoms with E-state index in [9.17, 15) is 0 Å². The van der Waals surface area contributed by atoms with E-state index in [0.29, 0.717) is 0 Å². The second-order valence-corrected chi connectivity index (χ2v) is 2.72. The minimum absolute atomic E-state index is 0. The van der Waals surface area contributed by atoms with E-state index in [2.05, 4.69) is 11.2 Å². The predicted octanol–water partition coefficient (Wildman–Crippen LogP) is -2.25. The summed E-state index contributed by atoms with van der Waals surface area (Å²) in [5.41, 5.74) is 0. The maximum absolute atomic E-state index is 8.85. The van der Waals surface area contributed by atoms with Gasteiger partial charge in [-0.1, -0.05) is 36.4 Å². The molecule has 5 heteroatoms. The molecule has 0 N–H and O–H groups in total. The van der Waals surface area contributed by atoms with Gasteiger partial charge in [0.15, 0.2) is 0 Å². The average Bonchev–Trinajstić information content (AvgIpc) is 1.90. The van der Waals surface area contributed by atoms with E-state index in [1.54, 1.807) is 0 Å². The van der Waals surface area contributed by atoms with Gasteiger partial charge >= 0.3 is 29.6 Å². The Morgan fingerprint density at radius 2 is 1.09 bits per heavy atom. The van der Waals surface area contributed by atoms with E-state index in [4.69, 9.17) is 8.76 Å². The van der Waals surface area contributed by atoms with Crippen molar-refractivity contribution in [1.82, 2.24) is 0 Å². The van der Waals surface area contributed by atoms with Gasteiger partial charge in [0.05, 0.1) is 0 Å². The van der Waals surface area contributed by atoms with E-state index in [1.165, 1.54) is 0 Å². The molecular weight excluding hydrogens is 191 g/mol. The van der Waals surface area contributed by atoms with Crippen molar-refractivity contribution in [2.24, 2.45) is 0 Å². The molecule has 0 radical (unpaired) electrons. The molecule has 0 spiro atoms. The SMILES string of the molecule is O=[SH]([O-])=S.[Na+].c1ccccc1. The van der Waals surface area contributed by atoms with Crippen molar-refractivity contribution in [2.45, 2.75) is 0 Å². The molecule has 1 aromatic rings. The Balaban J connectivity index is 0. The summed E-state index contributed by atoms with van der Waals surface area (Å²) in [7, 11) is -2.54. The molecule has 1 rings (SSSR count). The summed E-state index contributed by atoms with van der Waals surface area (Å²) in [6.45, 7) is 0. The molecule has 1 atom stereocenters. The summed E-state index contributed by atoms with van der Waals surface area (Å²) >= 11 is 3.57. The molecule has 0 heterocycles. The smallest absolute Gasteiger partial charge is 0.772 e. The van der Waals surface area contributed by atoms with Crippen molar-refractivity contribution in [3.63, 3.8) is 0 Å². The molecule has 0 bridgehead atoms. The Labute approximate surface area is 94.8 Å². The van der Waals surface area contributed by atoms with Crippen LogP contribution in [0.3, 0.4) is 0 Å². The summed E-state index contributed by atoms with van der Waals surface area (Å²) in [5, 5.41) is 0. The van der Waals surface area contributed by atoms with E-state index in [0.717, 1.165) is 0 Å². The first-order valence-corrected chi connectivity index (χ1v) is 4.74. The number of thiol groups is 1. The van der Waals surface area contributed by atoms with Crippen molar-refractivity contribution in [3.05, 3.63) is 36.4 Å². The van der Waals surface area contributed by atoms with Crippen LogP contribution in [0.2, 0.25) is 0 Å². The first kappa shape index (κ1) is 14.1. The molecule has 0 aliphatic heterocycles. The molecule has 1 aromatic carbocycles. The van der Waals surface area contributed by atoms with Crippen molar-refractivity contribution in [2.75, 3.05) is 0 Å². The van der Waals surface area contributed by atoms with Gasteiger partial charge in [0.1, 0.15) is 0 Å². The van der Waals surface area contributed by atoms with Gasteiger partial charge in [-0.3, -0.25) is 4.21 Å². The summed E-state index contributed by atoms with van der Waals surface area (Å²) in [6, 6.07) is 12.0. The number of hydrogen-bond acceptors (Lipinski definition) is 3. The molecule has 0 aliphatic carbocycles. The summed E-state index contributed by atoms with van der Waals surface area (Å²) in [6.07, 6.45) is 0. The Morgan fingerprint density at radius 1 is 1.00 bits per heavy atom. The van der Waals surface area contributed by atoms with Gasteiger partial charge in [-0.2, -0.15) is 0 Å². The van der Waals surface area contributed by atoms with Gasteiger partial charge in [-0.05, 0) is 20.8 Å². The average molecular weight is 198 g/mol. The Bertz CT molecular complexity index is 189. The monoisotopic (exact) mass is 198 g/mol. The third kappa shape index (κ3) is 18.0. The van der Waals surface area contributed by atoms with Crippen LogP contribution in [0.1, 0.15) is 0 Å². The third-order valence-corrected chi connectivity index (χ3v) is 0.667. The Kier molecular flexibility index (Phi) is 13.5. The molecule has 56 valence electrons. The largest absolute Gasteiger partial charge is 1.00 e. The zero-order valence-corrected chi connectivity index (χ0v) is 9.85. The number of hydrogen-bond donors (Lipinski definition) is 1. The molecule has 11 heavy (non-hydrogen) atoms. The van der Waals surface area contributed by atoms with Crippen molar-refractivity contribution in [3.8, 4) is 0 Å². The van der Waals surface area contributed by atoms with Gasteiger partial charge < -0.3 is 4.55 Å². The van der Waals surface area contributed by atoms with Crippen LogP contribution in [-0.4, -0.2) is 8.76 Å². The quantitative estimate of drug-likeness (QED) is 0.378. The van der Waals surface area contributed by atoms with E-state index >= 15 is 0 Å². The molecule has 0 aromatic heterocycles. The zero-order chi connectivity index (χ0) is 7.82. The van der Waals surface area contributed by atoms with Gasteiger partial charge in [0, 0.05) is 0 Å². The number of benzene rings is 1. The third-order valence-electron chi connectivity index (χ3n) is 0.667. The van der Waals surface area contributed by atoms with Gasteiger partial charge in [-0.15, -0.1) is 0 Å². The van der Waals surface area contributed by atoms with E-state index in [-0.39, 0.29) is 29.6 Å². The Hall–Kier alpha value is 0.550. The Morgan fingerprint density at radius 3 is 1.18 bits per heavy atom. The first-order valence-electron chi connectivity index (χ1n) is 2.55. The van der Waals surface area contributed by atoms with Gasteiger partial charge in [-0.25, -0.2) is 0 Å². The second-order valence-electron chi connectivity index (χ2n) is 1.38. The fourth-order valence-corrected chi connectivity index (χ4v) is 0.385. The second kappa shape index (κ2) is 10.6. The minimum atomic E-state index is -2.54. The van der Waals surface area contributed by atoms with Crippen LogP contribution in [0.25, 0.3) is 0 Å². The van der Waals surface area contributed by atoms with Gasteiger partial charge in [0.25, 0.3) is 0 Å². The number of rotatable bonds is 0. The van der Waals surface area contributed by atoms with E-state index in [1.807, 2.05) is 36.4 Å². The van der Waals surface area contributed by atoms with Crippen molar-refractivity contribution >= 4 is 20.8 Å². The molecular formula is C6H7NaO2S2. The molecule has 0 saturated carbocycles. The molecule has 0 saturated heterocycles. The summed E-state index contributed by atoms with van der Waals surface area (Å²) in [4.78, 5) is 0. The summed E-state index contributed by atoms with van der Waals surface area (Å²) < 4.78 is 17.7. The van der Waals surface area contributed by atoms with Crippen LogP contribution in [0, 0.1) is 0 Å². The summed E-state index contributed by atoms with van der Waals surface area (Å²) in [5.74, 6) is 0. The molecule has 1 unspecified atom stereocenters. The molecule has 0 aliphatic rings. The van der Waals surface area contributed by atoms with Crippen LogP contribution < -0.4 is 29.6 Å². The van der Waals surface area contributed by atoms with Crippen LogP contribution in [0.5, 0.6) is 0 Å². The van der Waals surface area contributed by atoms with Crippen LogP contribution in [0.15, 0.2) is 36.4 Å². The van der Waals surface area contributed by atoms with Crippen LogP contribution >= 0.6 is 0 Å². The maximum atomic E-state index is 8.85. The molecule has 0 amide bonds. The topological polar surface area (TPSA) is 40.1 Å².